The first kappa shape index (κ1) is 18.2. The summed E-state index contributed by atoms with van der Waals surface area (Å²) < 4.78 is 17.1. The van der Waals surface area contributed by atoms with E-state index < -0.39 is 0 Å². The molecule has 4 heteroatoms. The van der Waals surface area contributed by atoms with Gasteiger partial charge >= 0.3 is 0 Å². The molecule has 0 radical (unpaired) electrons. The van der Waals surface area contributed by atoms with E-state index in [4.69, 9.17) is 14.2 Å². The predicted molar refractivity (Wildman–Crippen MR) is 104 cm³/mol. The van der Waals surface area contributed by atoms with Gasteiger partial charge in [0, 0.05) is 11.7 Å². The fourth-order valence-corrected chi connectivity index (χ4v) is 4.04. The molecule has 2 atom stereocenters. The summed E-state index contributed by atoms with van der Waals surface area (Å²) in [5, 5.41) is 0. The number of thioether (sulfide) groups is 1. The molecule has 134 valence electrons. The molecule has 3 rings (SSSR count). The first-order valence-corrected chi connectivity index (χ1v) is 9.95. The molecule has 1 aliphatic heterocycles. The quantitative estimate of drug-likeness (QED) is 0.618. The van der Waals surface area contributed by atoms with Crippen LogP contribution in [-0.2, 0) is 4.74 Å². The van der Waals surface area contributed by atoms with Crippen molar-refractivity contribution in [1.29, 1.82) is 0 Å². The summed E-state index contributed by atoms with van der Waals surface area (Å²) in [6, 6.07) is 16.6. The third-order valence-electron chi connectivity index (χ3n) is 4.40. The van der Waals surface area contributed by atoms with Crippen LogP contribution in [0.5, 0.6) is 11.5 Å². The number of rotatable bonds is 7. The second-order valence-electron chi connectivity index (χ2n) is 6.24. The van der Waals surface area contributed by atoms with Gasteiger partial charge < -0.3 is 14.2 Å². The molecule has 0 spiro atoms. The molecular formula is C21H26O3S. The van der Waals surface area contributed by atoms with E-state index in [0.29, 0.717) is 5.92 Å². The van der Waals surface area contributed by atoms with E-state index in [1.54, 1.807) is 7.11 Å². The van der Waals surface area contributed by atoms with E-state index in [-0.39, 0.29) is 5.44 Å². The Morgan fingerprint density at radius 2 is 1.68 bits per heavy atom. The van der Waals surface area contributed by atoms with Crippen LogP contribution in [0, 0.1) is 0 Å². The normalized spacial score (nSPS) is 20.2. The molecule has 1 heterocycles. The minimum absolute atomic E-state index is 0.110. The number of hydrogen-bond acceptors (Lipinski definition) is 4. The summed E-state index contributed by atoms with van der Waals surface area (Å²) in [5.74, 6) is 3.33. The monoisotopic (exact) mass is 358 g/mol. The molecule has 2 aromatic rings. The molecule has 25 heavy (non-hydrogen) atoms. The highest BCUT2D eigenvalue weighted by Crippen LogP contribution is 2.40. The third kappa shape index (κ3) is 4.93. The Hall–Kier alpha value is -1.65. The van der Waals surface area contributed by atoms with Crippen molar-refractivity contribution in [3.05, 3.63) is 59.7 Å². The van der Waals surface area contributed by atoms with Gasteiger partial charge in [-0.1, -0.05) is 37.6 Å². The molecule has 0 aliphatic carbocycles. The summed E-state index contributed by atoms with van der Waals surface area (Å²) in [6.45, 7) is 3.70. The van der Waals surface area contributed by atoms with Crippen molar-refractivity contribution < 1.29 is 14.2 Å². The minimum atomic E-state index is 0.110. The fraction of sp³-hybridized carbons (Fsp3) is 0.429. The van der Waals surface area contributed by atoms with E-state index in [1.165, 1.54) is 11.1 Å². The van der Waals surface area contributed by atoms with E-state index in [9.17, 15) is 0 Å². The van der Waals surface area contributed by atoms with E-state index >= 15 is 0 Å². The molecule has 0 amide bonds. The molecular weight excluding hydrogens is 332 g/mol. The van der Waals surface area contributed by atoms with Crippen molar-refractivity contribution in [2.24, 2.45) is 0 Å². The maximum Gasteiger partial charge on any atom is 0.128 e. The Morgan fingerprint density at radius 1 is 1.00 bits per heavy atom. The first-order valence-electron chi connectivity index (χ1n) is 8.90. The second kappa shape index (κ2) is 9.16. The third-order valence-corrected chi connectivity index (χ3v) is 5.71. The molecule has 0 saturated carbocycles. The number of methoxy groups -OCH3 is 1. The number of hydrogen-bond donors (Lipinski definition) is 0. The molecule has 0 N–H and O–H groups in total. The van der Waals surface area contributed by atoms with Gasteiger partial charge in [0.15, 0.2) is 0 Å². The largest absolute Gasteiger partial charge is 0.497 e. The van der Waals surface area contributed by atoms with Crippen LogP contribution >= 0.6 is 11.8 Å². The van der Waals surface area contributed by atoms with Crippen molar-refractivity contribution in [2.75, 3.05) is 26.1 Å². The van der Waals surface area contributed by atoms with Crippen LogP contribution in [0.1, 0.15) is 42.2 Å². The van der Waals surface area contributed by atoms with Gasteiger partial charge in [0.05, 0.1) is 20.3 Å². The number of unbranched alkanes of at least 4 members (excludes halogenated alkanes) is 1. The maximum atomic E-state index is 6.12. The SMILES string of the molecule is CCCCOc1ccc([C@H]2OC[C@H](c3ccc(OC)cc3)CS2)cc1. The van der Waals surface area contributed by atoms with E-state index in [1.807, 2.05) is 36.0 Å². The zero-order valence-corrected chi connectivity index (χ0v) is 15.8. The lowest BCUT2D eigenvalue weighted by Gasteiger charge is -2.29. The van der Waals surface area contributed by atoms with Crippen LogP contribution in [-0.4, -0.2) is 26.1 Å². The summed E-state index contributed by atoms with van der Waals surface area (Å²) in [6.07, 6.45) is 2.25. The molecule has 0 bridgehead atoms. The number of ether oxygens (including phenoxy) is 3. The molecule has 0 aromatic heterocycles. The van der Waals surface area contributed by atoms with Crippen LogP contribution in [0.15, 0.2) is 48.5 Å². The Bertz CT molecular complexity index is 631. The summed E-state index contributed by atoms with van der Waals surface area (Å²) >= 11 is 1.86. The van der Waals surface area contributed by atoms with Gasteiger partial charge in [-0.25, -0.2) is 0 Å². The predicted octanol–water partition coefficient (Wildman–Crippen LogP) is 5.42. The average molecular weight is 359 g/mol. The van der Waals surface area contributed by atoms with Gasteiger partial charge in [-0.2, -0.15) is 0 Å². The Morgan fingerprint density at radius 3 is 2.28 bits per heavy atom. The lowest BCUT2D eigenvalue weighted by molar-refractivity contribution is 0.0948. The van der Waals surface area contributed by atoms with Crippen molar-refractivity contribution in [3.8, 4) is 11.5 Å². The van der Waals surface area contributed by atoms with Crippen molar-refractivity contribution >= 4 is 11.8 Å². The van der Waals surface area contributed by atoms with Gasteiger partial charge in [0.25, 0.3) is 0 Å². The smallest absolute Gasteiger partial charge is 0.128 e. The lowest BCUT2D eigenvalue weighted by atomic mass is 10.0. The number of benzene rings is 2. The summed E-state index contributed by atoms with van der Waals surface area (Å²) in [4.78, 5) is 0. The molecule has 1 fully saturated rings. The molecule has 0 unspecified atom stereocenters. The summed E-state index contributed by atoms with van der Waals surface area (Å²) in [5.41, 5.74) is 2.63. The van der Waals surface area contributed by atoms with E-state index in [2.05, 4.69) is 31.2 Å². The van der Waals surface area contributed by atoms with Crippen LogP contribution in [0.25, 0.3) is 0 Å². The molecule has 1 saturated heterocycles. The second-order valence-corrected chi connectivity index (χ2v) is 7.33. The van der Waals surface area contributed by atoms with E-state index in [0.717, 1.165) is 43.3 Å². The lowest BCUT2D eigenvalue weighted by Crippen LogP contribution is -2.19. The fourth-order valence-electron chi connectivity index (χ4n) is 2.82. The zero-order valence-electron chi connectivity index (χ0n) is 14.9. The van der Waals surface area contributed by atoms with Crippen LogP contribution < -0.4 is 9.47 Å². The van der Waals surface area contributed by atoms with Crippen LogP contribution in [0.4, 0.5) is 0 Å². The van der Waals surface area contributed by atoms with Gasteiger partial charge in [-0.05, 0) is 41.8 Å². The van der Waals surface area contributed by atoms with Crippen molar-refractivity contribution in [1.82, 2.24) is 0 Å². The van der Waals surface area contributed by atoms with Crippen molar-refractivity contribution in [3.63, 3.8) is 0 Å². The molecule has 3 nitrogen and oxygen atoms in total. The average Bonchev–Trinajstić information content (AvgIpc) is 2.69. The Kier molecular flexibility index (Phi) is 6.65. The van der Waals surface area contributed by atoms with Gasteiger partial charge in [0.2, 0.25) is 0 Å². The first-order chi connectivity index (χ1) is 12.3. The molecule has 1 aliphatic rings. The topological polar surface area (TPSA) is 27.7 Å². The van der Waals surface area contributed by atoms with Crippen molar-refractivity contribution in [2.45, 2.75) is 31.1 Å². The highest BCUT2D eigenvalue weighted by Gasteiger charge is 2.24. The highest BCUT2D eigenvalue weighted by molar-refractivity contribution is 7.99. The molecule has 2 aromatic carbocycles. The van der Waals surface area contributed by atoms with Gasteiger partial charge in [-0.3, -0.25) is 0 Å². The highest BCUT2D eigenvalue weighted by atomic mass is 32.2. The summed E-state index contributed by atoms with van der Waals surface area (Å²) in [7, 11) is 1.69. The standard InChI is InChI=1S/C21H26O3S/c1-3-4-13-23-20-11-7-17(8-12-20)21-24-14-18(15-25-21)16-5-9-19(22-2)10-6-16/h5-12,18,21H,3-4,13-15H2,1-2H3/t18-,21-/m0/s1. The Balaban J connectivity index is 1.52. The zero-order chi connectivity index (χ0) is 17.5. The van der Waals surface area contributed by atoms with Gasteiger partial charge in [0.1, 0.15) is 16.9 Å². The van der Waals surface area contributed by atoms with Gasteiger partial charge in [-0.15, -0.1) is 11.8 Å². The minimum Gasteiger partial charge on any atom is -0.497 e. The van der Waals surface area contributed by atoms with Crippen LogP contribution in [0.2, 0.25) is 0 Å². The van der Waals surface area contributed by atoms with Crippen LogP contribution in [0.3, 0.4) is 0 Å². The Labute approximate surface area is 154 Å². The maximum absolute atomic E-state index is 6.12.